The summed E-state index contributed by atoms with van der Waals surface area (Å²) in [6, 6.07) is 30.9. The lowest BCUT2D eigenvalue weighted by Crippen LogP contribution is -2.40. The molecule has 2 amide bonds. The van der Waals surface area contributed by atoms with E-state index in [2.05, 4.69) is 0 Å². The number of amides is 2. The first kappa shape index (κ1) is 19.1. The van der Waals surface area contributed by atoms with Crippen LogP contribution in [0.4, 0.5) is 5.69 Å². The molecule has 1 aliphatic heterocycles. The highest BCUT2D eigenvalue weighted by Gasteiger charge is 2.35. The highest BCUT2D eigenvalue weighted by molar-refractivity contribution is 6.38. The number of anilines is 1. The Bertz CT molecular complexity index is 1590. The van der Waals surface area contributed by atoms with Crippen LogP contribution >= 0.6 is 0 Å². The quantitative estimate of drug-likeness (QED) is 0.261. The van der Waals surface area contributed by atoms with Gasteiger partial charge in [-0.1, -0.05) is 78.9 Å². The molecule has 0 spiro atoms. The predicted octanol–water partition coefficient (Wildman–Crippen LogP) is 6.02. The molecule has 4 nitrogen and oxygen atoms in total. The monoisotopic (exact) mass is 427 g/mol. The first-order valence-electron chi connectivity index (χ1n) is 10.7. The molecule has 4 heteroatoms. The lowest BCUT2D eigenvalue weighted by atomic mass is 9.88. The molecule has 156 valence electrons. The molecule has 6 rings (SSSR count). The van der Waals surface area contributed by atoms with Gasteiger partial charge in [-0.05, 0) is 35.0 Å². The Morgan fingerprint density at radius 3 is 2.03 bits per heavy atom. The van der Waals surface area contributed by atoms with Gasteiger partial charge in [-0.25, -0.2) is 4.90 Å². The number of carbonyl (C=O) groups is 3. The fourth-order valence-corrected chi connectivity index (χ4v) is 4.66. The second kappa shape index (κ2) is 7.24. The van der Waals surface area contributed by atoms with E-state index in [0.29, 0.717) is 38.7 Å². The van der Waals surface area contributed by atoms with Crippen molar-refractivity contribution in [2.24, 2.45) is 0 Å². The number of nitrogens with zero attached hydrogens (tertiary/aromatic N) is 1. The molecule has 0 saturated carbocycles. The molecule has 0 bridgehead atoms. The first-order chi connectivity index (χ1) is 16.1. The maximum atomic E-state index is 13.6. The molecule has 0 N–H and O–H groups in total. The van der Waals surface area contributed by atoms with Crippen molar-refractivity contribution < 1.29 is 14.4 Å². The summed E-state index contributed by atoms with van der Waals surface area (Å²) in [6.45, 7) is 0. The van der Waals surface area contributed by atoms with Crippen LogP contribution in [-0.4, -0.2) is 17.6 Å². The Kier molecular flexibility index (Phi) is 4.20. The van der Waals surface area contributed by atoms with Gasteiger partial charge in [0.2, 0.25) is 0 Å². The summed E-state index contributed by atoms with van der Waals surface area (Å²) in [6.07, 6.45) is 0. The molecular weight excluding hydrogens is 410 g/mol. The summed E-state index contributed by atoms with van der Waals surface area (Å²) in [4.78, 5) is 41.7. The van der Waals surface area contributed by atoms with E-state index in [9.17, 15) is 14.4 Å². The van der Waals surface area contributed by atoms with E-state index in [1.807, 2.05) is 54.6 Å². The molecule has 5 aromatic carbocycles. The Morgan fingerprint density at radius 2 is 1.21 bits per heavy atom. The van der Waals surface area contributed by atoms with Crippen LogP contribution < -0.4 is 4.90 Å². The summed E-state index contributed by atoms with van der Waals surface area (Å²) >= 11 is 0. The van der Waals surface area contributed by atoms with Crippen molar-refractivity contribution in [3.8, 4) is 0 Å². The Balaban J connectivity index is 1.56. The van der Waals surface area contributed by atoms with E-state index in [1.54, 1.807) is 48.5 Å². The summed E-state index contributed by atoms with van der Waals surface area (Å²) in [7, 11) is 0. The smallest absolute Gasteiger partial charge is 0.266 e. The third kappa shape index (κ3) is 2.81. The molecule has 0 radical (unpaired) electrons. The molecule has 0 saturated heterocycles. The lowest BCUT2D eigenvalue weighted by Gasteiger charge is -2.28. The minimum atomic E-state index is -0.390. The SMILES string of the molecule is O=C(c1ccccc1)c1ccc2c3c(cccc13)C(=O)N(c1cccc3ccccc13)C2=O. The zero-order chi connectivity index (χ0) is 22.5. The summed E-state index contributed by atoms with van der Waals surface area (Å²) in [5.41, 5.74) is 2.41. The number of benzene rings is 5. The van der Waals surface area contributed by atoms with Crippen LogP contribution in [0.5, 0.6) is 0 Å². The van der Waals surface area contributed by atoms with Crippen molar-refractivity contribution in [2.45, 2.75) is 0 Å². The average Bonchev–Trinajstić information content (AvgIpc) is 2.87. The van der Waals surface area contributed by atoms with Gasteiger partial charge >= 0.3 is 0 Å². The summed E-state index contributed by atoms with van der Waals surface area (Å²) in [5.74, 6) is -0.923. The van der Waals surface area contributed by atoms with Gasteiger partial charge < -0.3 is 0 Å². The zero-order valence-corrected chi connectivity index (χ0v) is 17.5. The number of carbonyl (C=O) groups excluding carboxylic acids is 3. The number of hydrogen-bond donors (Lipinski definition) is 0. The van der Waals surface area contributed by atoms with Crippen LogP contribution in [0.25, 0.3) is 21.5 Å². The van der Waals surface area contributed by atoms with Crippen LogP contribution in [0.1, 0.15) is 36.6 Å². The fourth-order valence-electron chi connectivity index (χ4n) is 4.66. The maximum Gasteiger partial charge on any atom is 0.266 e. The van der Waals surface area contributed by atoms with E-state index in [-0.39, 0.29) is 5.78 Å². The fraction of sp³-hybridized carbons (Fsp3) is 0. The molecule has 1 heterocycles. The molecule has 0 aromatic heterocycles. The van der Waals surface area contributed by atoms with Crippen molar-refractivity contribution in [3.05, 3.63) is 125 Å². The van der Waals surface area contributed by atoms with Gasteiger partial charge in [0.25, 0.3) is 11.8 Å². The summed E-state index contributed by atoms with van der Waals surface area (Å²) in [5, 5.41) is 2.92. The van der Waals surface area contributed by atoms with Crippen molar-refractivity contribution in [3.63, 3.8) is 0 Å². The molecule has 33 heavy (non-hydrogen) atoms. The first-order valence-corrected chi connectivity index (χ1v) is 10.7. The molecule has 5 aromatic rings. The normalized spacial score (nSPS) is 13.0. The van der Waals surface area contributed by atoms with Crippen molar-refractivity contribution in [1.82, 2.24) is 0 Å². The van der Waals surface area contributed by atoms with E-state index < -0.39 is 11.8 Å². The molecule has 1 aliphatic rings. The van der Waals surface area contributed by atoms with Crippen LogP contribution in [0.3, 0.4) is 0 Å². The third-order valence-electron chi connectivity index (χ3n) is 6.20. The standard InChI is InChI=1S/C29H17NO3/c31-27(19-9-2-1-3-10-19)22-16-17-24-26-21(22)13-7-14-23(26)28(32)30(29(24)33)25-15-6-11-18-8-4-5-12-20(18)25/h1-17H. The van der Waals surface area contributed by atoms with Gasteiger partial charge in [-0.15, -0.1) is 0 Å². The van der Waals surface area contributed by atoms with Gasteiger partial charge in [0, 0.05) is 33.0 Å². The number of ketones is 1. The van der Waals surface area contributed by atoms with E-state index in [0.717, 1.165) is 10.8 Å². The lowest BCUT2D eigenvalue weighted by molar-refractivity contribution is 0.0892. The maximum absolute atomic E-state index is 13.6. The highest BCUT2D eigenvalue weighted by Crippen LogP contribution is 2.37. The molecular formula is C29H17NO3. The second-order valence-corrected chi connectivity index (χ2v) is 8.03. The van der Waals surface area contributed by atoms with Crippen LogP contribution in [0.2, 0.25) is 0 Å². The van der Waals surface area contributed by atoms with E-state index >= 15 is 0 Å². The van der Waals surface area contributed by atoms with Crippen molar-refractivity contribution in [2.75, 3.05) is 4.90 Å². The Labute approximate surface area is 189 Å². The average molecular weight is 427 g/mol. The predicted molar refractivity (Wildman–Crippen MR) is 129 cm³/mol. The van der Waals surface area contributed by atoms with E-state index in [4.69, 9.17) is 0 Å². The Hall–Kier alpha value is -4.57. The third-order valence-corrected chi connectivity index (χ3v) is 6.20. The van der Waals surface area contributed by atoms with Gasteiger partial charge in [0.15, 0.2) is 5.78 Å². The van der Waals surface area contributed by atoms with Crippen molar-refractivity contribution in [1.29, 1.82) is 0 Å². The minimum Gasteiger partial charge on any atom is -0.289 e. The van der Waals surface area contributed by atoms with Gasteiger partial charge in [-0.2, -0.15) is 0 Å². The van der Waals surface area contributed by atoms with Crippen LogP contribution in [0.15, 0.2) is 103 Å². The molecule has 0 atom stereocenters. The largest absolute Gasteiger partial charge is 0.289 e. The topological polar surface area (TPSA) is 54.5 Å². The van der Waals surface area contributed by atoms with Gasteiger partial charge in [0.1, 0.15) is 0 Å². The van der Waals surface area contributed by atoms with Gasteiger partial charge in [-0.3, -0.25) is 14.4 Å². The number of hydrogen-bond acceptors (Lipinski definition) is 3. The Morgan fingerprint density at radius 1 is 0.576 bits per heavy atom. The highest BCUT2D eigenvalue weighted by atomic mass is 16.2. The number of rotatable bonds is 3. The minimum absolute atomic E-state index is 0.143. The second-order valence-electron chi connectivity index (χ2n) is 8.03. The number of imide groups is 1. The van der Waals surface area contributed by atoms with Gasteiger partial charge in [0.05, 0.1) is 5.69 Å². The summed E-state index contributed by atoms with van der Waals surface area (Å²) < 4.78 is 0. The van der Waals surface area contributed by atoms with E-state index in [1.165, 1.54) is 4.90 Å². The molecule has 0 unspecified atom stereocenters. The zero-order valence-electron chi connectivity index (χ0n) is 17.5. The van der Waals surface area contributed by atoms with Crippen molar-refractivity contribution >= 4 is 44.8 Å². The van der Waals surface area contributed by atoms with Crippen LogP contribution in [-0.2, 0) is 0 Å². The molecule has 0 aliphatic carbocycles. The number of fused-ring (bicyclic) bond motifs is 1. The van der Waals surface area contributed by atoms with Crippen LogP contribution in [0, 0.1) is 0 Å². The molecule has 0 fully saturated rings.